The highest BCUT2D eigenvalue weighted by atomic mass is 79.9. The number of alkyl halides is 1. The van der Waals surface area contributed by atoms with Gasteiger partial charge in [0.2, 0.25) is 5.91 Å². The largest absolute Gasteiger partial charge is 0.352 e. The van der Waals surface area contributed by atoms with Crippen molar-refractivity contribution in [2.24, 2.45) is 17.3 Å². The Kier molecular flexibility index (Phi) is 4.62. The Balaban J connectivity index is 1.43. The molecule has 2 atom stereocenters. The maximum atomic E-state index is 12.8. The first-order valence-electron chi connectivity index (χ1n) is 9.76. The minimum atomic E-state index is -0.106. The molecule has 26 heavy (non-hydrogen) atoms. The Bertz CT molecular complexity index is 718. The summed E-state index contributed by atoms with van der Waals surface area (Å²) in [4.78, 5) is 24.8. The van der Waals surface area contributed by atoms with Gasteiger partial charge in [0.15, 0.2) is 0 Å². The average molecular weight is 419 g/mol. The summed E-state index contributed by atoms with van der Waals surface area (Å²) in [6, 6.07) is 7.20. The third kappa shape index (κ3) is 3.55. The van der Waals surface area contributed by atoms with E-state index in [1.165, 1.54) is 32.1 Å². The summed E-state index contributed by atoms with van der Waals surface area (Å²) in [7, 11) is 0. The van der Waals surface area contributed by atoms with Crippen LogP contribution in [0.4, 0.5) is 5.69 Å². The molecule has 0 heterocycles. The Labute approximate surface area is 163 Å². The number of nitrogens with one attached hydrogen (secondary N) is 2. The molecule has 1 aromatic rings. The number of halogens is 1. The molecule has 0 aliphatic heterocycles. The molecule has 0 radical (unpaired) electrons. The molecule has 0 aromatic heterocycles. The Morgan fingerprint density at radius 1 is 1.19 bits per heavy atom. The van der Waals surface area contributed by atoms with Crippen LogP contribution in [0.1, 0.15) is 62.2 Å². The molecule has 0 saturated heterocycles. The van der Waals surface area contributed by atoms with Crippen LogP contribution in [0.2, 0.25) is 0 Å². The summed E-state index contributed by atoms with van der Waals surface area (Å²) in [5.74, 6) is 1.54. The zero-order valence-electron chi connectivity index (χ0n) is 15.3. The second kappa shape index (κ2) is 6.66. The fourth-order valence-corrected chi connectivity index (χ4v) is 7.60. The first-order valence-corrected chi connectivity index (χ1v) is 10.6. The summed E-state index contributed by atoms with van der Waals surface area (Å²) in [5.41, 5.74) is 1.45. The van der Waals surface area contributed by atoms with Crippen LogP contribution >= 0.6 is 15.9 Å². The lowest BCUT2D eigenvalue weighted by Gasteiger charge is -2.60. The molecule has 4 aliphatic rings. The first kappa shape index (κ1) is 18.0. The number of carbonyl (C=O) groups excluding carboxylic acids is 2. The summed E-state index contributed by atoms with van der Waals surface area (Å²) in [5, 5.41) is 5.83. The maximum Gasteiger partial charge on any atom is 0.251 e. The van der Waals surface area contributed by atoms with Crippen LogP contribution in [-0.4, -0.2) is 22.7 Å². The van der Waals surface area contributed by atoms with Crippen molar-refractivity contribution < 1.29 is 9.59 Å². The number of rotatable bonds is 5. The molecule has 5 rings (SSSR count). The van der Waals surface area contributed by atoms with E-state index in [1.807, 2.05) is 19.1 Å². The van der Waals surface area contributed by atoms with Gasteiger partial charge in [-0.05, 0) is 80.9 Å². The molecule has 4 saturated carbocycles. The van der Waals surface area contributed by atoms with Gasteiger partial charge in [0, 0.05) is 28.5 Å². The highest BCUT2D eigenvalue weighted by Crippen LogP contribution is 2.65. The maximum absolute atomic E-state index is 12.8. The fourth-order valence-electron chi connectivity index (χ4n) is 6.09. The minimum absolute atomic E-state index is 0.0797. The molecule has 4 fully saturated rings. The molecular formula is C21H27BrN2O2. The van der Waals surface area contributed by atoms with Crippen molar-refractivity contribution in [2.45, 2.75) is 56.2 Å². The van der Waals surface area contributed by atoms with E-state index < -0.39 is 0 Å². The number of amides is 2. The standard InChI is InChI=1S/C21H27BrN2O2/c1-2-23-19(26)16-4-3-5-17(7-16)24-18(25)12-20-8-14-6-15(9-20)11-21(22,10-14)13-20/h3-5,7,14-15H,2,6,8-13H2,1H3,(H,23,26)(H,24,25). The Morgan fingerprint density at radius 3 is 2.58 bits per heavy atom. The van der Waals surface area contributed by atoms with Crippen LogP contribution < -0.4 is 10.6 Å². The van der Waals surface area contributed by atoms with Crippen molar-refractivity contribution in [1.29, 1.82) is 0 Å². The lowest BCUT2D eigenvalue weighted by atomic mass is 9.48. The Hall–Kier alpha value is -1.36. The molecule has 1 aromatic carbocycles. The number of anilines is 1. The predicted molar refractivity (Wildman–Crippen MR) is 106 cm³/mol. The molecule has 2 N–H and O–H groups in total. The summed E-state index contributed by atoms with van der Waals surface area (Å²) >= 11 is 4.01. The van der Waals surface area contributed by atoms with E-state index in [4.69, 9.17) is 0 Å². The van der Waals surface area contributed by atoms with E-state index >= 15 is 0 Å². The minimum Gasteiger partial charge on any atom is -0.352 e. The third-order valence-electron chi connectivity index (χ3n) is 6.39. The van der Waals surface area contributed by atoms with E-state index in [1.54, 1.807) is 12.1 Å². The van der Waals surface area contributed by atoms with E-state index in [2.05, 4.69) is 26.6 Å². The molecule has 4 nitrogen and oxygen atoms in total. The summed E-state index contributed by atoms with van der Waals surface area (Å²) in [6.45, 7) is 2.49. The van der Waals surface area contributed by atoms with Gasteiger partial charge in [0.05, 0.1) is 0 Å². The van der Waals surface area contributed by atoms with Crippen molar-refractivity contribution in [3.63, 3.8) is 0 Å². The SMILES string of the molecule is CCNC(=O)c1cccc(NC(=O)CC23CC4CC(CC(Br)(C4)C2)C3)c1. The molecule has 2 amide bonds. The van der Waals surface area contributed by atoms with Crippen LogP contribution in [0.15, 0.2) is 24.3 Å². The van der Waals surface area contributed by atoms with Crippen LogP contribution in [0.25, 0.3) is 0 Å². The van der Waals surface area contributed by atoms with Gasteiger partial charge in [0.1, 0.15) is 0 Å². The molecule has 4 aliphatic carbocycles. The van der Waals surface area contributed by atoms with Crippen LogP contribution in [0.5, 0.6) is 0 Å². The van der Waals surface area contributed by atoms with Crippen LogP contribution in [0, 0.1) is 17.3 Å². The zero-order chi connectivity index (χ0) is 18.4. The molecule has 2 unspecified atom stereocenters. The molecule has 140 valence electrons. The molecule has 0 spiro atoms. The number of hydrogen-bond acceptors (Lipinski definition) is 2. The van der Waals surface area contributed by atoms with Crippen molar-refractivity contribution in [3.05, 3.63) is 29.8 Å². The lowest BCUT2D eigenvalue weighted by molar-refractivity contribution is -0.123. The molecule has 4 bridgehead atoms. The second-order valence-corrected chi connectivity index (χ2v) is 10.5. The second-order valence-electron chi connectivity index (χ2n) is 8.78. The van der Waals surface area contributed by atoms with E-state index in [-0.39, 0.29) is 21.6 Å². The van der Waals surface area contributed by atoms with Crippen LogP contribution in [-0.2, 0) is 4.79 Å². The normalized spacial score (nSPS) is 34.5. The van der Waals surface area contributed by atoms with Gasteiger partial charge in [-0.1, -0.05) is 22.0 Å². The average Bonchev–Trinajstić information content (AvgIpc) is 2.52. The van der Waals surface area contributed by atoms with Crippen LogP contribution in [0.3, 0.4) is 0 Å². The lowest BCUT2D eigenvalue weighted by Crippen LogP contribution is -2.53. The van der Waals surface area contributed by atoms with Crippen molar-refractivity contribution in [2.75, 3.05) is 11.9 Å². The fraction of sp³-hybridized carbons (Fsp3) is 0.619. The monoisotopic (exact) mass is 418 g/mol. The van der Waals surface area contributed by atoms with E-state index in [0.29, 0.717) is 24.2 Å². The van der Waals surface area contributed by atoms with E-state index in [0.717, 1.165) is 18.3 Å². The van der Waals surface area contributed by atoms with Gasteiger partial charge in [-0.3, -0.25) is 9.59 Å². The highest BCUT2D eigenvalue weighted by molar-refractivity contribution is 9.10. The van der Waals surface area contributed by atoms with E-state index in [9.17, 15) is 9.59 Å². The smallest absolute Gasteiger partial charge is 0.251 e. The topological polar surface area (TPSA) is 58.2 Å². The van der Waals surface area contributed by atoms with Gasteiger partial charge in [-0.15, -0.1) is 0 Å². The number of benzene rings is 1. The van der Waals surface area contributed by atoms with Crippen molar-refractivity contribution in [1.82, 2.24) is 5.32 Å². The van der Waals surface area contributed by atoms with Crippen molar-refractivity contribution >= 4 is 33.4 Å². The quantitative estimate of drug-likeness (QED) is 0.691. The highest BCUT2D eigenvalue weighted by Gasteiger charge is 2.57. The summed E-state index contributed by atoms with van der Waals surface area (Å²) < 4.78 is 0.273. The van der Waals surface area contributed by atoms with Gasteiger partial charge in [-0.25, -0.2) is 0 Å². The van der Waals surface area contributed by atoms with Gasteiger partial charge >= 0.3 is 0 Å². The Morgan fingerprint density at radius 2 is 1.92 bits per heavy atom. The first-order chi connectivity index (χ1) is 12.4. The third-order valence-corrected chi connectivity index (χ3v) is 7.32. The van der Waals surface area contributed by atoms with Gasteiger partial charge < -0.3 is 10.6 Å². The zero-order valence-corrected chi connectivity index (χ0v) is 16.9. The predicted octanol–water partition coefficient (Wildman–Crippen LogP) is 4.50. The molecular weight excluding hydrogens is 392 g/mol. The van der Waals surface area contributed by atoms with Gasteiger partial charge in [-0.2, -0.15) is 0 Å². The number of carbonyl (C=O) groups is 2. The van der Waals surface area contributed by atoms with Gasteiger partial charge in [0.25, 0.3) is 5.91 Å². The molecule has 5 heteroatoms. The number of hydrogen-bond donors (Lipinski definition) is 2. The summed E-state index contributed by atoms with van der Waals surface area (Å²) in [6.07, 6.45) is 8.03. The van der Waals surface area contributed by atoms with Crippen molar-refractivity contribution in [3.8, 4) is 0 Å².